The molecule has 1 heteroatoms. The monoisotopic (exact) mass is 154 g/mol. The molecule has 2 rings (SSSR count). The molecular weight excluding hydrogens is 136 g/mol. The van der Waals surface area contributed by atoms with Crippen molar-refractivity contribution in [1.29, 1.82) is 0 Å². The summed E-state index contributed by atoms with van der Waals surface area (Å²) in [6.07, 6.45) is 9.24. The predicted molar refractivity (Wildman–Crippen MR) is 45.3 cm³/mol. The Morgan fingerprint density at radius 1 is 0.818 bits per heavy atom. The molecule has 2 fully saturated rings. The maximum Gasteiger partial charge on any atom is 0.0571 e. The van der Waals surface area contributed by atoms with Gasteiger partial charge in [-0.3, -0.25) is 0 Å². The first-order valence-electron chi connectivity index (χ1n) is 5.06. The molecule has 0 bridgehead atoms. The van der Waals surface area contributed by atoms with Crippen LogP contribution < -0.4 is 0 Å². The molecule has 0 aliphatic heterocycles. The Morgan fingerprint density at radius 3 is 2.36 bits per heavy atom. The Balaban J connectivity index is 1.99. The summed E-state index contributed by atoms with van der Waals surface area (Å²) in [5.41, 5.74) is 0. The van der Waals surface area contributed by atoms with E-state index in [2.05, 4.69) is 0 Å². The van der Waals surface area contributed by atoms with Gasteiger partial charge in [0.25, 0.3) is 0 Å². The molecule has 0 aromatic carbocycles. The van der Waals surface area contributed by atoms with Crippen molar-refractivity contribution < 1.29 is 5.11 Å². The van der Waals surface area contributed by atoms with Gasteiger partial charge in [0, 0.05) is 0 Å². The predicted octanol–water partition coefficient (Wildman–Crippen LogP) is 2.34. The summed E-state index contributed by atoms with van der Waals surface area (Å²) in [6.45, 7) is 0. The second-order valence-electron chi connectivity index (χ2n) is 4.21. The fourth-order valence-electron chi connectivity index (χ4n) is 2.90. The minimum atomic E-state index is 0.0500. The minimum absolute atomic E-state index is 0.0500. The number of aliphatic hydroxyl groups is 1. The first-order chi connectivity index (χ1) is 5.38. The molecule has 1 nitrogen and oxygen atoms in total. The van der Waals surface area contributed by atoms with Crippen LogP contribution in [0.2, 0.25) is 0 Å². The molecule has 3 atom stereocenters. The Labute approximate surface area is 68.8 Å². The minimum Gasteiger partial charge on any atom is -0.393 e. The van der Waals surface area contributed by atoms with E-state index < -0.39 is 0 Å². The van der Waals surface area contributed by atoms with Crippen LogP contribution >= 0.6 is 0 Å². The van der Waals surface area contributed by atoms with Crippen molar-refractivity contribution in [1.82, 2.24) is 0 Å². The largest absolute Gasteiger partial charge is 0.393 e. The zero-order valence-corrected chi connectivity index (χ0v) is 7.13. The van der Waals surface area contributed by atoms with E-state index in [4.69, 9.17) is 0 Å². The summed E-state index contributed by atoms with van der Waals surface area (Å²) < 4.78 is 0. The van der Waals surface area contributed by atoms with Crippen LogP contribution in [-0.2, 0) is 0 Å². The average Bonchev–Trinajstić information content (AvgIpc) is 2.06. The smallest absolute Gasteiger partial charge is 0.0571 e. The molecule has 0 heterocycles. The highest BCUT2D eigenvalue weighted by atomic mass is 16.3. The van der Waals surface area contributed by atoms with E-state index in [0.29, 0.717) is 5.92 Å². The van der Waals surface area contributed by atoms with Crippen molar-refractivity contribution in [2.75, 3.05) is 0 Å². The second-order valence-corrected chi connectivity index (χ2v) is 4.21. The SMILES string of the molecule is O[C@@H]1CCC[C@H]2CCCC[C@@H]21. The van der Waals surface area contributed by atoms with E-state index in [1.165, 1.54) is 38.5 Å². The molecule has 2 saturated carbocycles. The third-order valence-corrected chi connectivity index (χ3v) is 3.54. The Hall–Kier alpha value is -0.0400. The lowest BCUT2D eigenvalue weighted by Crippen LogP contribution is -2.34. The molecule has 2 aliphatic carbocycles. The summed E-state index contributed by atoms with van der Waals surface area (Å²) in [5, 5.41) is 9.70. The number of hydrogen-bond acceptors (Lipinski definition) is 1. The molecule has 64 valence electrons. The van der Waals surface area contributed by atoms with Gasteiger partial charge in [0.2, 0.25) is 0 Å². The maximum absolute atomic E-state index is 9.70. The van der Waals surface area contributed by atoms with Crippen molar-refractivity contribution in [2.24, 2.45) is 11.8 Å². The van der Waals surface area contributed by atoms with Gasteiger partial charge in [-0.05, 0) is 31.1 Å². The summed E-state index contributed by atoms with van der Waals surface area (Å²) in [4.78, 5) is 0. The maximum atomic E-state index is 9.70. The number of aliphatic hydroxyl groups excluding tert-OH is 1. The van der Waals surface area contributed by atoms with E-state index >= 15 is 0 Å². The van der Waals surface area contributed by atoms with Crippen LogP contribution in [0, 0.1) is 11.8 Å². The van der Waals surface area contributed by atoms with Crippen LogP contribution in [-0.4, -0.2) is 11.2 Å². The van der Waals surface area contributed by atoms with Crippen LogP contribution in [0.3, 0.4) is 0 Å². The molecule has 0 unspecified atom stereocenters. The van der Waals surface area contributed by atoms with Gasteiger partial charge in [-0.15, -0.1) is 0 Å². The molecule has 0 amide bonds. The van der Waals surface area contributed by atoms with Gasteiger partial charge in [0.15, 0.2) is 0 Å². The molecule has 11 heavy (non-hydrogen) atoms. The van der Waals surface area contributed by atoms with Crippen LogP contribution in [0.4, 0.5) is 0 Å². The van der Waals surface area contributed by atoms with Crippen LogP contribution in [0.15, 0.2) is 0 Å². The highest BCUT2D eigenvalue weighted by Crippen LogP contribution is 2.40. The average molecular weight is 154 g/mol. The van der Waals surface area contributed by atoms with Gasteiger partial charge in [-0.1, -0.05) is 25.7 Å². The van der Waals surface area contributed by atoms with Gasteiger partial charge < -0.3 is 5.11 Å². The summed E-state index contributed by atoms with van der Waals surface area (Å²) in [5.74, 6) is 1.56. The van der Waals surface area contributed by atoms with Gasteiger partial charge >= 0.3 is 0 Å². The quantitative estimate of drug-likeness (QED) is 0.568. The van der Waals surface area contributed by atoms with E-state index in [1.54, 1.807) is 0 Å². The summed E-state index contributed by atoms with van der Waals surface area (Å²) >= 11 is 0. The fraction of sp³-hybridized carbons (Fsp3) is 1.00. The van der Waals surface area contributed by atoms with Crippen LogP contribution in [0.5, 0.6) is 0 Å². The zero-order valence-electron chi connectivity index (χ0n) is 7.13. The van der Waals surface area contributed by atoms with Gasteiger partial charge in [-0.25, -0.2) is 0 Å². The third kappa shape index (κ3) is 1.44. The van der Waals surface area contributed by atoms with E-state index in [1.807, 2.05) is 0 Å². The molecular formula is C10H18O. The van der Waals surface area contributed by atoms with Crippen molar-refractivity contribution in [3.63, 3.8) is 0 Å². The van der Waals surface area contributed by atoms with E-state index in [0.717, 1.165) is 12.3 Å². The lowest BCUT2D eigenvalue weighted by Gasteiger charge is -2.38. The normalized spacial score (nSPS) is 45.0. The molecule has 1 N–H and O–H groups in total. The van der Waals surface area contributed by atoms with Crippen molar-refractivity contribution >= 4 is 0 Å². The zero-order chi connectivity index (χ0) is 7.68. The molecule has 2 aliphatic rings. The Morgan fingerprint density at radius 2 is 1.55 bits per heavy atom. The molecule has 0 spiro atoms. The van der Waals surface area contributed by atoms with Crippen molar-refractivity contribution in [2.45, 2.75) is 51.0 Å². The van der Waals surface area contributed by atoms with E-state index in [-0.39, 0.29) is 6.10 Å². The number of fused-ring (bicyclic) bond motifs is 1. The Bertz CT molecular complexity index is 131. The Kier molecular flexibility index (Phi) is 2.17. The first kappa shape index (κ1) is 7.60. The highest BCUT2D eigenvalue weighted by molar-refractivity contribution is 4.84. The highest BCUT2D eigenvalue weighted by Gasteiger charge is 2.33. The number of hydrogen-bond donors (Lipinski definition) is 1. The molecule has 0 radical (unpaired) electrons. The molecule has 0 aromatic rings. The van der Waals surface area contributed by atoms with Crippen LogP contribution in [0.1, 0.15) is 44.9 Å². The summed E-state index contributed by atoms with van der Waals surface area (Å²) in [7, 11) is 0. The van der Waals surface area contributed by atoms with E-state index in [9.17, 15) is 5.11 Å². The van der Waals surface area contributed by atoms with Crippen molar-refractivity contribution in [3.05, 3.63) is 0 Å². The lowest BCUT2D eigenvalue weighted by atomic mass is 9.69. The van der Waals surface area contributed by atoms with Gasteiger partial charge in [0.05, 0.1) is 6.10 Å². The second kappa shape index (κ2) is 3.14. The first-order valence-corrected chi connectivity index (χ1v) is 5.06. The van der Waals surface area contributed by atoms with Crippen LogP contribution in [0.25, 0.3) is 0 Å². The number of rotatable bonds is 0. The topological polar surface area (TPSA) is 20.2 Å². The standard InChI is InChI=1S/C10H18O/c11-10-7-3-5-8-4-1-2-6-9(8)10/h8-11H,1-7H2/t8-,9+,10-/m1/s1. The van der Waals surface area contributed by atoms with Crippen molar-refractivity contribution in [3.8, 4) is 0 Å². The fourth-order valence-corrected chi connectivity index (χ4v) is 2.90. The summed E-state index contributed by atoms with van der Waals surface area (Å²) in [6, 6.07) is 0. The van der Waals surface area contributed by atoms with Gasteiger partial charge in [-0.2, -0.15) is 0 Å². The third-order valence-electron chi connectivity index (χ3n) is 3.54. The molecule has 0 saturated heterocycles. The van der Waals surface area contributed by atoms with Gasteiger partial charge in [0.1, 0.15) is 0 Å². The lowest BCUT2D eigenvalue weighted by molar-refractivity contribution is 0.0105. The molecule has 0 aromatic heterocycles.